The zero-order valence-electron chi connectivity index (χ0n) is 12.5. The molecule has 0 saturated carbocycles. The van der Waals surface area contributed by atoms with E-state index < -0.39 is 6.09 Å². The van der Waals surface area contributed by atoms with Crippen LogP contribution in [0.15, 0.2) is 60.7 Å². The second kappa shape index (κ2) is 6.96. The predicted octanol–water partition coefficient (Wildman–Crippen LogP) is 3.95. The third-order valence-corrected chi connectivity index (χ3v) is 3.57. The minimum absolute atomic E-state index is 0.173. The molecular formula is C18H17FN2O2. The summed E-state index contributed by atoms with van der Waals surface area (Å²) in [5.41, 5.74) is 1.79. The Bertz CT molecular complexity index is 708. The molecule has 0 spiro atoms. The fraction of sp³-hybridized carbons (Fsp3) is 0.167. The highest BCUT2D eigenvalue weighted by atomic mass is 19.1. The number of carbonyl (C=O) groups is 1. The van der Waals surface area contributed by atoms with Crippen LogP contribution >= 0.6 is 0 Å². The number of rotatable bonds is 4. The van der Waals surface area contributed by atoms with Crippen LogP contribution in [0.4, 0.5) is 20.6 Å². The van der Waals surface area contributed by atoms with Gasteiger partial charge in [-0.2, -0.15) is 0 Å². The van der Waals surface area contributed by atoms with Gasteiger partial charge in [0.15, 0.2) is 0 Å². The summed E-state index contributed by atoms with van der Waals surface area (Å²) in [6.45, 7) is 1.57. The lowest BCUT2D eigenvalue weighted by atomic mass is 10.2. The van der Waals surface area contributed by atoms with E-state index in [0.717, 1.165) is 5.56 Å². The number of hydrogen-bond donors (Lipinski definition) is 1. The normalized spacial score (nSPS) is 13.2. The number of amides is 1. The van der Waals surface area contributed by atoms with Crippen LogP contribution in [-0.2, 0) is 11.3 Å². The van der Waals surface area contributed by atoms with E-state index in [1.54, 1.807) is 12.1 Å². The van der Waals surface area contributed by atoms with Crippen molar-refractivity contribution in [2.45, 2.75) is 6.61 Å². The van der Waals surface area contributed by atoms with Crippen LogP contribution in [0.2, 0.25) is 0 Å². The van der Waals surface area contributed by atoms with Crippen molar-refractivity contribution in [3.8, 4) is 0 Å². The van der Waals surface area contributed by atoms with Crippen LogP contribution in [0, 0.1) is 5.82 Å². The van der Waals surface area contributed by atoms with E-state index >= 15 is 0 Å². The van der Waals surface area contributed by atoms with Gasteiger partial charge in [-0.3, -0.25) is 5.32 Å². The van der Waals surface area contributed by atoms with Gasteiger partial charge in [-0.15, -0.1) is 0 Å². The van der Waals surface area contributed by atoms with Gasteiger partial charge in [0.2, 0.25) is 0 Å². The van der Waals surface area contributed by atoms with Crippen molar-refractivity contribution in [2.24, 2.45) is 0 Å². The number of anilines is 2. The second-order valence-electron chi connectivity index (χ2n) is 5.23. The Morgan fingerprint density at radius 2 is 1.87 bits per heavy atom. The first-order chi connectivity index (χ1) is 11.2. The summed E-state index contributed by atoms with van der Waals surface area (Å²) in [5.74, 6) is -0.366. The van der Waals surface area contributed by atoms with E-state index in [9.17, 15) is 9.18 Å². The molecule has 3 rings (SSSR count). The number of benzene rings is 2. The molecule has 5 heteroatoms. The fourth-order valence-corrected chi connectivity index (χ4v) is 2.39. The van der Waals surface area contributed by atoms with Gasteiger partial charge in [0, 0.05) is 18.8 Å². The summed E-state index contributed by atoms with van der Waals surface area (Å²) in [6.07, 6.45) is 3.38. The predicted molar refractivity (Wildman–Crippen MR) is 88.0 cm³/mol. The van der Waals surface area contributed by atoms with Gasteiger partial charge in [-0.1, -0.05) is 42.5 Å². The van der Waals surface area contributed by atoms with Crippen molar-refractivity contribution in [1.82, 2.24) is 0 Å². The van der Waals surface area contributed by atoms with E-state index in [-0.39, 0.29) is 12.4 Å². The summed E-state index contributed by atoms with van der Waals surface area (Å²) in [7, 11) is 0. The number of nitrogens with zero attached hydrogens (tertiary/aromatic N) is 1. The topological polar surface area (TPSA) is 41.6 Å². The lowest BCUT2D eigenvalue weighted by Gasteiger charge is -2.18. The molecule has 0 radical (unpaired) electrons. The molecule has 0 atom stereocenters. The molecule has 2 aromatic rings. The quantitative estimate of drug-likeness (QED) is 0.869. The molecule has 1 aliphatic heterocycles. The molecule has 2 aromatic carbocycles. The summed E-state index contributed by atoms with van der Waals surface area (Å²) in [4.78, 5) is 13.7. The largest absolute Gasteiger partial charge is 0.444 e. The highest BCUT2D eigenvalue weighted by Crippen LogP contribution is 2.24. The van der Waals surface area contributed by atoms with E-state index in [0.29, 0.717) is 24.5 Å². The highest BCUT2D eigenvalue weighted by molar-refractivity contribution is 5.85. The van der Waals surface area contributed by atoms with E-state index in [1.807, 2.05) is 47.4 Å². The molecule has 118 valence electrons. The zero-order chi connectivity index (χ0) is 16.1. The Morgan fingerprint density at radius 3 is 2.57 bits per heavy atom. The summed E-state index contributed by atoms with van der Waals surface area (Å²) in [6, 6.07) is 14.0. The van der Waals surface area contributed by atoms with Crippen LogP contribution in [0.3, 0.4) is 0 Å². The van der Waals surface area contributed by atoms with Crippen molar-refractivity contribution >= 4 is 17.5 Å². The van der Waals surface area contributed by atoms with Crippen LogP contribution in [0.5, 0.6) is 0 Å². The minimum atomic E-state index is -0.608. The molecule has 0 bridgehead atoms. The van der Waals surface area contributed by atoms with Gasteiger partial charge in [0.05, 0.1) is 5.69 Å². The van der Waals surface area contributed by atoms with Gasteiger partial charge >= 0.3 is 6.09 Å². The fourth-order valence-electron chi connectivity index (χ4n) is 2.39. The number of ether oxygens (including phenoxy) is 1. The maximum Gasteiger partial charge on any atom is 0.411 e. The van der Waals surface area contributed by atoms with Gasteiger partial charge in [-0.25, -0.2) is 9.18 Å². The van der Waals surface area contributed by atoms with Crippen molar-refractivity contribution in [3.05, 3.63) is 72.1 Å². The van der Waals surface area contributed by atoms with Crippen LogP contribution in [-0.4, -0.2) is 19.2 Å². The molecule has 0 saturated heterocycles. The van der Waals surface area contributed by atoms with Crippen molar-refractivity contribution in [3.63, 3.8) is 0 Å². The zero-order valence-corrected chi connectivity index (χ0v) is 12.5. The Morgan fingerprint density at radius 1 is 1.13 bits per heavy atom. The molecule has 0 unspecified atom stereocenters. The monoisotopic (exact) mass is 312 g/mol. The van der Waals surface area contributed by atoms with Crippen LogP contribution < -0.4 is 10.2 Å². The first-order valence-corrected chi connectivity index (χ1v) is 7.39. The Balaban J connectivity index is 1.57. The lowest BCUT2D eigenvalue weighted by Crippen LogP contribution is -2.20. The molecular weight excluding hydrogens is 295 g/mol. The highest BCUT2D eigenvalue weighted by Gasteiger charge is 2.13. The Hall–Kier alpha value is -2.82. The average molecular weight is 312 g/mol. The third-order valence-electron chi connectivity index (χ3n) is 3.57. The first-order valence-electron chi connectivity index (χ1n) is 7.39. The van der Waals surface area contributed by atoms with Crippen molar-refractivity contribution in [1.29, 1.82) is 0 Å². The molecule has 1 heterocycles. The van der Waals surface area contributed by atoms with Gasteiger partial charge in [0.1, 0.15) is 12.4 Å². The Kier molecular flexibility index (Phi) is 4.57. The first kappa shape index (κ1) is 15.1. The van der Waals surface area contributed by atoms with E-state index in [2.05, 4.69) is 5.32 Å². The van der Waals surface area contributed by atoms with Crippen LogP contribution in [0.1, 0.15) is 5.56 Å². The lowest BCUT2D eigenvalue weighted by molar-refractivity contribution is 0.155. The SMILES string of the molecule is O=C(Nc1ccc(N2CC=CC2)c(F)c1)OCc1ccccc1. The number of nitrogens with one attached hydrogen (secondary N) is 1. The van der Waals surface area contributed by atoms with Gasteiger partial charge < -0.3 is 9.64 Å². The summed E-state index contributed by atoms with van der Waals surface area (Å²) in [5, 5.41) is 2.54. The van der Waals surface area contributed by atoms with Crippen LogP contribution in [0.25, 0.3) is 0 Å². The molecule has 1 amide bonds. The number of carbonyl (C=O) groups excluding carboxylic acids is 1. The molecule has 4 nitrogen and oxygen atoms in total. The van der Waals surface area contributed by atoms with E-state index in [4.69, 9.17) is 4.74 Å². The molecule has 0 fully saturated rings. The van der Waals surface area contributed by atoms with Gasteiger partial charge in [-0.05, 0) is 23.8 Å². The van der Waals surface area contributed by atoms with Crippen molar-refractivity contribution in [2.75, 3.05) is 23.3 Å². The smallest absolute Gasteiger partial charge is 0.411 e. The number of halogens is 1. The molecule has 1 aliphatic rings. The Labute approximate surface area is 134 Å². The molecule has 23 heavy (non-hydrogen) atoms. The standard InChI is InChI=1S/C18H17FN2O2/c19-16-12-15(8-9-17(16)21-10-4-5-11-21)20-18(22)23-13-14-6-2-1-3-7-14/h1-9,12H,10-11,13H2,(H,20,22). The molecule has 1 N–H and O–H groups in total. The summed E-state index contributed by atoms with van der Waals surface area (Å²) >= 11 is 0. The maximum absolute atomic E-state index is 14.1. The molecule has 0 aliphatic carbocycles. The van der Waals surface area contributed by atoms with Crippen molar-refractivity contribution < 1.29 is 13.9 Å². The second-order valence-corrected chi connectivity index (χ2v) is 5.23. The molecule has 0 aromatic heterocycles. The maximum atomic E-state index is 14.1. The van der Waals surface area contributed by atoms with E-state index in [1.165, 1.54) is 6.07 Å². The minimum Gasteiger partial charge on any atom is -0.444 e. The third kappa shape index (κ3) is 3.88. The summed E-state index contributed by atoms with van der Waals surface area (Å²) < 4.78 is 19.3. The number of hydrogen-bond acceptors (Lipinski definition) is 3. The van der Waals surface area contributed by atoms with Gasteiger partial charge in [0.25, 0.3) is 0 Å². The average Bonchev–Trinajstić information content (AvgIpc) is 3.08.